The lowest BCUT2D eigenvalue weighted by atomic mass is 9.96. The zero-order valence-electron chi connectivity index (χ0n) is 10.3. The lowest BCUT2D eigenvalue weighted by molar-refractivity contribution is 0.141. The predicted molar refractivity (Wildman–Crippen MR) is 71.3 cm³/mol. The Hall–Kier alpha value is -0.770. The Morgan fingerprint density at radius 2 is 2.28 bits per heavy atom. The van der Waals surface area contributed by atoms with Crippen molar-refractivity contribution in [1.82, 2.24) is 0 Å². The highest BCUT2D eigenvalue weighted by atomic mass is 35.5. The molecule has 1 saturated carbocycles. The van der Waals surface area contributed by atoms with E-state index in [1.807, 2.05) is 12.1 Å². The second kappa shape index (κ2) is 4.72. The van der Waals surface area contributed by atoms with Crippen LogP contribution in [0.1, 0.15) is 24.8 Å². The maximum atomic E-state index is 6.29. The first-order valence-corrected chi connectivity index (χ1v) is 6.86. The lowest BCUT2D eigenvalue weighted by Gasteiger charge is -2.17. The van der Waals surface area contributed by atoms with E-state index in [9.17, 15) is 0 Å². The van der Waals surface area contributed by atoms with Crippen LogP contribution < -0.4 is 10.5 Å². The Morgan fingerprint density at radius 3 is 2.83 bits per heavy atom. The van der Waals surface area contributed by atoms with Crippen LogP contribution in [0.5, 0.6) is 5.75 Å². The third-order valence-electron chi connectivity index (χ3n) is 3.97. The molecule has 1 aliphatic heterocycles. The van der Waals surface area contributed by atoms with Gasteiger partial charge in [0.05, 0.1) is 18.2 Å². The minimum absolute atomic E-state index is 0.137. The molecule has 1 heterocycles. The Bertz CT molecular complexity index is 439. The average Bonchev–Trinajstić information content (AvgIpc) is 3.02. The van der Waals surface area contributed by atoms with Gasteiger partial charge in [0.2, 0.25) is 0 Å². The average molecular weight is 268 g/mol. The largest absolute Gasteiger partial charge is 0.486 e. The molecule has 1 aromatic rings. The van der Waals surface area contributed by atoms with Crippen molar-refractivity contribution in [1.29, 1.82) is 0 Å². The number of hydrogen-bond donors (Lipinski definition) is 1. The molecule has 1 saturated heterocycles. The second-order valence-electron chi connectivity index (χ2n) is 5.23. The fourth-order valence-corrected chi connectivity index (χ4v) is 2.70. The van der Waals surface area contributed by atoms with Crippen LogP contribution in [0.3, 0.4) is 0 Å². The van der Waals surface area contributed by atoms with Gasteiger partial charge in [-0.1, -0.05) is 17.7 Å². The van der Waals surface area contributed by atoms with Gasteiger partial charge in [0, 0.05) is 18.4 Å². The summed E-state index contributed by atoms with van der Waals surface area (Å²) in [5.41, 5.74) is 7.25. The molecule has 2 fully saturated rings. The monoisotopic (exact) mass is 267 g/mol. The van der Waals surface area contributed by atoms with Crippen LogP contribution in [-0.2, 0) is 10.2 Å². The molecule has 98 valence electrons. The van der Waals surface area contributed by atoms with E-state index >= 15 is 0 Å². The molecule has 2 aliphatic rings. The summed E-state index contributed by atoms with van der Waals surface area (Å²) in [5, 5.41) is 0.680. The Kier molecular flexibility index (Phi) is 3.22. The van der Waals surface area contributed by atoms with E-state index in [1.165, 1.54) is 5.56 Å². The number of hydrogen-bond acceptors (Lipinski definition) is 3. The van der Waals surface area contributed by atoms with Crippen LogP contribution in [0.4, 0.5) is 0 Å². The smallest absolute Gasteiger partial charge is 0.138 e. The number of ether oxygens (including phenoxy) is 2. The van der Waals surface area contributed by atoms with Crippen molar-refractivity contribution in [3.63, 3.8) is 0 Å². The van der Waals surface area contributed by atoms with Crippen LogP contribution >= 0.6 is 11.6 Å². The van der Waals surface area contributed by atoms with Gasteiger partial charge in [-0.3, -0.25) is 0 Å². The van der Waals surface area contributed by atoms with Crippen molar-refractivity contribution >= 4 is 11.6 Å². The van der Waals surface area contributed by atoms with Gasteiger partial charge in [-0.2, -0.15) is 0 Å². The van der Waals surface area contributed by atoms with Gasteiger partial charge in [-0.05, 0) is 30.5 Å². The van der Waals surface area contributed by atoms with Gasteiger partial charge >= 0.3 is 0 Å². The van der Waals surface area contributed by atoms with Crippen LogP contribution in [0.25, 0.3) is 0 Å². The number of rotatable bonds is 4. The molecule has 1 aliphatic carbocycles. The molecule has 1 unspecified atom stereocenters. The maximum Gasteiger partial charge on any atom is 0.138 e. The first-order valence-electron chi connectivity index (χ1n) is 6.48. The summed E-state index contributed by atoms with van der Waals surface area (Å²) in [7, 11) is 0. The molecule has 0 spiro atoms. The Morgan fingerprint density at radius 1 is 1.44 bits per heavy atom. The zero-order chi connectivity index (χ0) is 12.6. The van der Waals surface area contributed by atoms with E-state index in [1.54, 1.807) is 0 Å². The van der Waals surface area contributed by atoms with Crippen LogP contribution in [0.2, 0.25) is 5.02 Å². The van der Waals surface area contributed by atoms with Gasteiger partial charge < -0.3 is 15.2 Å². The molecule has 1 aromatic carbocycles. The Balaban J connectivity index is 1.76. The van der Waals surface area contributed by atoms with Gasteiger partial charge in [-0.25, -0.2) is 0 Å². The van der Waals surface area contributed by atoms with Crippen molar-refractivity contribution in [2.45, 2.75) is 30.8 Å². The molecule has 0 radical (unpaired) electrons. The SMILES string of the molecule is NCC1(c2ccc(OC3CCOC3)c(Cl)c2)CC1. The quantitative estimate of drug-likeness (QED) is 0.912. The van der Waals surface area contributed by atoms with Crippen molar-refractivity contribution < 1.29 is 9.47 Å². The molecule has 2 N–H and O–H groups in total. The van der Waals surface area contributed by atoms with Gasteiger partial charge in [-0.15, -0.1) is 0 Å². The predicted octanol–water partition coefficient (Wildman–Crippen LogP) is 2.50. The third kappa shape index (κ3) is 2.22. The van der Waals surface area contributed by atoms with Gasteiger partial charge in [0.25, 0.3) is 0 Å². The molecule has 0 amide bonds. The summed E-state index contributed by atoms with van der Waals surface area (Å²) < 4.78 is 11.1. The summed E-state index contributed by atoms with van der Waals surface area (Å²) in [6.45, 7) is 2.13. The van der Waals surface area contributed by atoms with Crippen LogP contribution in [-0.4, -0.2) is 25.9 Å². The number of benzene rings is 1. The van der Waals surface area contributed by atoms with E-state index in [0.29, 0.717) is 18.2 Å². The van der Waals surface area contributed by atoms with E-state index in [0.717, 1.165) is 31.6 Å². The van der Waals surface area contributed by atoms with E-state index in [2.05, 4.69) is 6.07 Å². The first-order chi connectivity index (χ1) is 8.73. The van der Waals surface area contributed by atoms with Gasteiger partial charge in [0.1, 0.15) is 11.9 Å². The normalized spacial score (nSPS) is 25.1. The first kappa shape index (κ1) is 12.3. The van der Waals surface area contributed by atoms with Crippen molar-refractivity contribution in [3.05, 3.63) is 28.8 Å². The van der Waals surface area contributed by atoms with Gasteiger partial charge in [0.15, 0.2) is 0 Å². The standard InChI is InChI=1S/C14H18ClNO2/c15-12-7-10(14(9-16)4-5-14)1-2-13(12)18-11-3-6-17-8-11/h1-2,7,11H,3-6,8-9,16H2. The zero-order valence-corrected chi connectivity index (χ0v) is 11.1. The minimum Gasteiger partial charge on any atom is -0.486 e. The van der Waals surface area contributed by atoms with Crippen molar-refractivity contribution in [3.8, 4) is 5.75 Å². The molecular formula is C14H18ClNO2. The summed E-state index contributed by atoms with van der Waals surface area (Å²) in [5.74, 6) is 0.753. The number of halogens is 1. The maximum absolute atomic E-state index is 6.29. The lowest BCUT2D eigenvalue weighted by Crippen LogP contribution is -2.20. The van der Waals surface area contributed by atoms with Crippen LogP contribution in [0.15, 0.2) is 18.2 Å². The summed E-state index contributed by atoms with van der Waals surface area (Å²) >= 11 is 6.29. The fourth-order valence-electron chi connectivity index (χ4n) is 2.47. The summed E-state index contributed by atoms with van der Waals surface area (Å²) in [6.07, 6.45) is 3.40. The van der Waals surface area contributed by atoms with E-state index in [4.69, 9.17) is 26.8 Å². The Labute approximate surface area is 112 Å². The van der Waals surface area contributed by atoms with Crippen molar-refractivity contribution in [2.24, 2.45) is 5.73 Å². The topological polar surface area (TPSA) is 44.5 Å². The molecule has 1 atom stereocenters. The van der Waals surface area contributed by atoms with E-state index < -0.39 is 0 Å². The third-order valence-corrected chi connectivity index (χ3v) is 4.27. The van der Waals surface area contributed by atoms with E-state index in [-0.39, 0.29) is 11.5 Å². The highest BCUT2D eigenvalue weighted by molar-refractivity contribution is 6.32. The molecule has 3 rings (SSSR count). The minimum atomic E-state index is 0.137. The molecule has 4 heteroatoms. The second-order valence-corrected chi connectivity index (χ2v) is 5.64. The van der Waals surface area contributed by atoms with Crippen molar-refractivity contribution in [2.75, 3.05) is 19.8 Å². The summed E-state index contributed by atoms with van der Waals surface area (Å²) in [6, 6.07) is 6.06. The molecule has 3 nitrogen and oxygen atoms in total. The highest BCUT2D eigenvalue weighted by Gasteiger charge is 2.43. The fraction of sp³-hybridized carbons (Fsp3) is 0.571. The molecular weight excluding hydrogens is 250 g/mol. The molecule has 18 heavy (non-hydrogen) atoms. The van der Waals surface area contributed by atoms with Crippen LogP contribution in [0, 0.1) is 0 Å². The molecule has 0 aromatic heterocycles. The summed E-state index contributed by atoms with van der Waals surface area (Å²) in [4.78, 5) is 0. The number of nitrogens with two attached hydrogens (primary N) is 1. The highest BCUT2D eigenvalue weighted by Crippen LogP contribution is 2.48. The molecule has 0 bridgehead atoms.